The molecule has 0 aliphatic carbocycles. The van der Waals surface area contributed by atoms with Gasteiger partial charge in [0.1, 0.15) is 12.0 Å². The highest BCUT2D eigenvalue weighted by Crippen LogP contribution is 2.32. The number of fused-ring (bicyclic) bond motifs is 1. The molecule has 0 fully saturated rings. The van der Waals surface area contributed by atoms with E-state index in [4.69, 9.17) is 4.74 Å². The molecule has 3 aromatic rings. The van der Waals surface area contributed by atoms with Gasteiger partial charge in [-0.1, -0.05) is 0 Å². The third-order valence-electron chi connectivity index (χ3n) is 4.52. The molecule has 0 atom stereocenters. The van der Waals surface area contributed by atoms with Crippen molar-refractivity contribution in [1.82, 2.24) is 14.8 Å². The van der Waals surface area contributed by atoms with Gasteiger partial charge in [0.25, 0.3) is 0 Å². The van der Waals surface area contributed by atoms with Gasteiger partial charge < -0.3 is 14.1 Å². The average Bonchev–Trinajstić information content (AvgIpc) is 2.88. The van der Waals surface area contributed by atoms with Gasteiger partial charge in [-0.15, -0.1) is 0 Å². The number of aromatic nitrogens is 3. The summed E-state index contributed by atoms with van der Waals surface area (Å²) in [5, 5.41) is 10.9. The summed E-state index contributed by atoms with van der Waals surface area (Å²) in [7, 11) is 0. The van der Waals surface area contributed by atoms with E-state index in [2.05, 4.69) is 40.7 Å². The Hall–Kier alpha value is -2.69. The van der Waals surface area contributed by atoms with Gasteiger partial charge in [0.05, 0.1) is 18.0 Å². The smallest absolute Gasteiger partial charge is 0.120 e. The van der Waals surface area contributed by atoms with Crippen molar-refractivity contribution in [3.8, 4) is 11.4 Å². The highest BCUT2D eigenvalue weighted by molar-refractivity contribution is 5.92. The lowest BCUT2D eigenvalue weighted by molar-refractivity contribution is -0.107. The predicted molar refractivity (Wildman–Crippen MR) is 98.6 cm³/mol. The van der Waals surface area contributed by atoms with Gasteiger partial charge in [0.15, 0.2) is 0 Å². The number of aryl methyl sites for hydroxylation is 4. The Kier molecular flexibility index (Phi) is 4.83. The SMILES string of the molecule is CCOc1ccc(-n2c(C)c3c(C)nnc(CCC=O)c3c2C)cc1. The van der Waals surface area contributed by atoms with Crippen LogP contribution in [0, 0.1) is 20.8 Å². The summed E-state index contributed by atoms with van der Waals surface area (Å²) in [5.74, 6) is 0.865. The molecule has 0 radical (unpaired) electrons. The molecule has 0 amide bonds. The van der Waals surface area contributed by atoms with E-state index in [-0.39, 0.29) is 0 Å². The number of aldehydes is 1. The van der Waals surface area contributed by atoms with Gasteiger partial charge in [-0.3, -0.25) is 0 Å². The molecule has 0 bridgehead atoms. The first-order valence-corrected chi connectivity index (χ1v) is 8.59. The van der Waals surface area contributed by atoms with Crippen molar-refractivity contribution in [2.45, 2.75) is 40.5 Å². The van der Waals surface area contributed by atoms with Crippen molar-refractivity contribution in [2.24, 2.45) is 0 Å². The highest BCUT2D eigenvalue weighted by Gasteiger charge is 2.19. The lowest BCUT2D eigenvalue weighted by Crippen LogP contribution is -2.00. The maximum atomic E-state index is 10.8. The fraction of sp³-hybridized carbons (Fsp3) is 0.350. The topological polar surface area (TPSA) is 57.0 Å². The Labute approximate surface area is 147 Å². The third kappa shape index (κ3) is 3.02. The van der Waals surface area contributed by atoms with Gasteiger partial charge >= 0.3 is 0 Å². The number of hydrogen-bond acceptors (Lipinski definition) is 4. The van der Waals surface area contributed by atoms with Crippen molar-refractivity contribution in [3.05, 3.63) is 47.0 Å². The first-order valence-electron chi connectivity index (χ1n) is 8.59. The molecule has 0 aliphatic heterocycles. The second-order valence-electron chi connectivity index (χ2n) is 6.12. The molecule has 0 aliphatic rings. The Morgan fingerprint density at radius 1 is 1.04 bits per heavy atom. The predicted octanol–water partition coefficient (Wildman–Crippen LogP) is 3.88. The van der Waals surface area contributed by atoms with Crippen LogP contribution in [0.4, 0.5) is 0 Å². The van der Waals surface area contributed by atoms with Crippen LogP contribution in [0.3, 0.4) is 0 Å². The molecule has 130 valence electrons. The van der Waals surface area contributed by atoms with Gasteiger partial charge in [0, 0.05) is 34.3 Å². The van der Waals surface area contributed by atoms with Crippen LogP contribution in [0.15, 0.2) is 24.3 Å². The van der Waals surface area contributed by atoms with E-state index in [1.807, 2.05) is 26.0 Å². The number of nitrogens with zero attached hydrogens (tertiary/aromatic N) is 3. The highest BCUT2D eigenvalue weighted by atomic mass is 16.5. The summed E-state index contributed by atoms with van der Waals surface area (Å²) in [6, 6.07) is 8.09. The first kappa shape index (κ1) is 17.1. The van der Waals surface area contributed by atoms with Crippen LogP contribution in [0.5, 0.6) is 5.75 Å². The number of ether oxygens (including phenoxy) is 1. The summed E-state index contributed by atoms with van der Waals surface area (Å²) in [6.07, 6.45) is 2.00. The number of benzene rings is 1. The minimum Gasteiger partial charge on any atom is -0.494 e. The fourth-order valence-electron chi connectivity index (χ4n) is 3.48. The zero-order valence-corrected chi connectivity index (χ0v) is 15.2. The summed E-state index contributed by atoms with van der Waals surface area (Å²) >= 11 is 0. The van der Waals surface area contributed by atoms with Crippen molar-refractivity contribution in [1.29, 1.82) is 0 Å². The summed E-state index contributed by atoms with van der Waals surface area (Å²) in [4.78, 5) is 10.8. The number of rotatable bonds is 6. The Bertz CT molecular complexity index is 911. The molecular weight excluding hydrogens is 314 g/mol. The molecule has 2 aromatic heterocycles. The van der Waals surface area contributed by atoms with Crippen LogP contribution in [-0.4, -0.2) is 27.7 Å². The molecule has 25 heavy (non-hydrogen) atoms. The normalized spacial score (nSPS) is 11.0. The van der Waals surface area contributed by atoms with Crippen molar-refractivity contribution >= 4 is 17.1 Å². The molecule has 0 saturated carbocycles. The maximum Gasteiger partial charge on any atom is 0.120 e. The largest absolute Gasteiger partial charge is 0.494 e. The third-order valence-corrected chi connectivity index (χ3v) is 4.52. The molecular formula is C20H23N3O2. The molecule has 5 nitrogen and oxygen atoms in total. The first-order chi connectivity index (χ1) is 12.1. The zero-order valence-electron chi connectivity index (χ0n) is 15.2. The van der Waals surface area contributed by atoms with Crippen LogP contribution in [0.2, 0.25) is 0 Å². The van der Waals surface area contributed by atoms with Crippen LogP contribution >= 0.6 is 0 Å². The van der Waals surface area contributed by atoms with E-state index < -0.39 is 0 Å². The lowest BCUT2D eigenvalue weighted by atomic mass is 10.1. The van der Waals surface area contributed by atoms with Gasteiger partial charge in [-0.2, -0.15) is 10.2 Å². The molecule has 5 heteroatoms. The number of hydrogen-bond donors (Lipinski definition) is 0. The fourth-order valence-corrected chi connectivity index (χ4v) is 3.48. The van der Waals surface area contributed by atoms with Crippen LogP contribution in [0.25, 0.3) is 16.5 Å². The number of carbonyl (C=O) groups excluding carboxylic acids is 1. The summed E-state index contributed by atoms with van der Waals surface area (Å²) in [5.41, 5.74) is 5.13. The molecule has 3 rings (SSSR count). The van der Waals surface area contributed by atoms with E-state index in [1.54, 1.807) is 0 Å². The Morgan fingerprint density at radius 2 is 1.72 bits per heavy atom. The average molecular weight is 337 g/mol. The minimum atomic E-state index is 0.458. The van der Waals surface area contributed by atoms with Gasteiger partial charge in [-0.05, 0) is 58.4 Å². The van der Waals surface area contributed by atoms with E-state index in [9.17, 15) is 4.79 Å². The lowest BCUT2D eigenvalue weighted by Gasteiger charge is -2.10. The van der Waals surface area contributed by atoms with Crippen molar-refractivity contribution < 1.29 is 9.53 Å². The summed E-state index contributed by atoms with van der Waals surface area (Å²) in [6.45, 7) is 8.81. The zero-order chi connectivity index (χ0) is 18.0. The Morgan fingerprint density at radius 3 is 2.36 bits per heavy atom. The molecule has 0 unspecified atom stereocenters. The van der Waals surface area contributed by atoms with E-state index in [1.165, 1.54) is 0 Å². The van der Waals surface area contributed by atoms with Gasteiger partial charge in [0.2, 0.25) is 0 Å². The quantitative estimate of drug-likeness (QED) is 0.641. The molecule has 0 saturated heterocycles. The number of carbonyl (C=O) groups is 1. The molecule has 2 heterocycles. The molecule has 0 N–H and O–H groups in total. The monoisotopic (exact) mass is 337 g/mol. The molecule has 1 aromatic carbocycles. The van der Waals surface area contributed by atoms with Crippen LogP contribution in [0.1, 0.15) is 36.1 Å². The van der Waals surface area contributed by atoms with Crippen molar-refractivity contribution in [2.75, 3.05) is 6.61 Å². The molecule has 0 spiro atoms. The minimum absolute atomic E-state index is 0.458. The van der Waals surface area contributed by atoms with Crippen LogP contribution in [-0.2, 0) is 11.2 Å². The van der Waals surface area contributed by atoms with E-state index in [0.29, 0.717) is 19.4 Å². The van der Waals surface area contributed by atoms with Crippen LogP contribution < -0.4 is 4.74 Å². The van der Waals surface area contributed by atoms with E-state index >= 15 is 0 Å². The Balaban J connectivity index is 2.19. The van der Waals surface area contributed by atoms with Gasteiger partial charge in [-0.25, -0.2) is 0 Å². The second kappa shape index (κ2) is 7.05. The standard InChI is InChI=1S/C20H23N3O2/c1-5-25-17-10-8-16(9-11-17)23-14(3)19-13(2)21-22-18(7-6-12-24)20(19)15(23)4/h8-12H,5-7H2,1-4H3. The second-order valence-corrected chi connectivity index (χ2v) is 6.12. The maximum absolute atomic E-state index is 10.8. The summed E-state index contributed by atoms with van der Waals surface area (Å²) < 4.78 is 7.76. The van der Waals surface area contributed by atoms with Crippen molar-refractivity contribution in [3.63, 3.8) is 0 Å². The van der Waals surface area contributed by atoms with E-state index in [0.717, 1.165) is 51.3 Å².